The molecule has 0 bridgehead atoms. The maximum absolute atomic E-state index is 13.1. The zero-order valence-corrected chi connectivity index (χ0v) is 64.5. The lowest BCUT2D eigenvalue weighted by atomic mass is 10.00. The molecule has 0 spiro atoms. The van der Waals surface area contributed by atoms with Gasteiger partial charge in [0.05, 0.1) is 26.4 Å². The third-order valence-corrected chi connectivity index (χ3v) is 20.2. The van der Waals surface area contributed by atoms with Gasteiger partial charge in [0.2, 0.25) is 0 Å². The summed E-state index contributed by atoms with van der Waals surface area (Å²) in [6.45, 7) is 9.57. The maximum atomic E-state index is 13.1. The van der Waals surface area contributed by atoms with Crippen LogP contribution < -0.4 is 0 Å². The second kappa shape index (κ2) is 68.8. The second-order valence-corrected chi connectivity index (χ2v) is 31.4. The smallest absolute Gasteiger partial charge is 0.462 e. The molecule has 17 nitrogen and oxygen atoms in total. The number of aliphatic hydroxyl groups excluding tert-OH is 1. The van der Waals surface area contributed by atoms with E-state index in [4.69, 9.17) is 37.0 Å². The van der Waals surface area contributed by atoms with Gasteiger partial charge in [0.25, 0.3) is 0 Å². The van der Waals surface area contributed by atoms with Crippen LogP contribution in [0.5, 0.6) is 0 Å². The zero-order valence-electron chi connectivity index (χ0n) is 62.7. The molecule has 0 rings (SSSR count). The van der Waals surface area contributed by atoms with Gasteiger partial charge in [-0.2, -0.15) is 0 Å². The van der Waals surface area contributed by atoms with Crippen molar-refractivity contribution in [2.45, 2.75) is 419 Å². The van der Waals surface area contributed by atoms with Crippen LogP contribution in [0.25, 0.3) is 0 Å². The Bertz CT molecular complexity index is 1860. The van der Waals surface area contributed by atoms with E-state index in [1.54, 1.807) is 0 Å². The van der Waals surface area contributed by atoms with Gasteiger partial charge in [-0.3, -0.25) is 37.3 Å². The number of rotatable bonds is 76. The summed E-state index contributed by atoms with van der Waals surface area (Å²) in [5.74, 6) is -0.618. The van der Waals surface area contributed by atoms with Crippen LogP contribution in [0.2, 0.25) is 0 Å². The summed E-state index contributed by atoms with van der Waals surface area (Å²) < 4.78 is 68.6. The molecule has 3 unspecified atom stereocenters. The van der Waals surface area contributed by atoms with Crippen molar-refractivity contribution >= 4 is 39.5 Å². The van der Waals surface area contributed by atoms with Crippen molar-refractivity contribution in [3.63, 3.8) is 0 Å². The van der Waals surface area contributed by atoms with E-state index in [0.717, 1.165) is 108 Å². The first kappa shape index (κ1) is 94.1. The molecule has 0 aliphatic carbocycles. The molecule has 0 radical (unpaired) electrons. The molecular weight excluding hydrogens is 1260 g/mol. The lowest BCUT2D eigenvalue weighted by Gasteiger charge is -2.21. The van der Waals surface area contributed by atoms with Crippen molar-refractivity contribution < 1.29 is 80.2 Å². The van der Waals surface area contributed by atoms with Gasteiger partial charge in [0, 0.05) is 25.7 Å². The van der Waals surface area contributed by atoms with E-state index in [0.29, 0.717) is 25.7 Å². The van der Waals surface area contributed by atoms with Crippen LogP contribution >= 0.6 is 15.6 Å². The third kappa shape index (κ3) is 69.2. The number of hydrogen-bond acceptors (Lipinski definition) is 15. The Balaban J connectivity index is 5.25. The van der Waals surface area contributed by atoms with Crippen molar-refractivity contribution in [3.8, 4) is 0 Å². The summed E-state index contributed by atoms with van der Waals surface area (Å²) in [7, 11) is -9.91. The quantitative estimate of drug-likeness (QED) is 0.0222. The highest BCUT2D eigenvalue weighted by atomic mass is 31.2. The zero-order chi connectivity index (χ0) is 70.7. The highest BCUT2D eigenvalue weighted by molar-refractivity contribution is 7.47. The van der Waals surface area contributed by atoms with Crippen molar-refractivity contribution in [1.29, 1.82) is 0 Å². The van der Waals surface area contributed by atoms with Crippen LogP contribution in [0.1, 0.15) is 401 Å². The molecule has 0 fully saturated rings. The first-order chi connectivity index (χ1) is 46.4. The molecule has 0 aromatic heterocycles. The molecule has 0 saturated carbocycles. The van der Waals surface area contributed by atoms with Crippen molar-refractivity contribution in [3.05, 3.63) is 0 Å². The molecule has 0 heterocycles. The van der Waals surface area contributed by atoms with Crippen LogP contribution in [0.4, 0.5) is 0 Å². The lowest BCUT2D eigenvalue weighted by Crippen LogP contribution is -2.30. The molecule has 570 valence electrons. The summed E-state index contributed by atoms with van der Waals surface area (Å²) in [6.07, 6.45) is 56.8. The number of hydrogen-bond donors (Lipinski definition) is 3. The highest BCUT2D eigenvalue weighted by Crippen LogP contribution is 2.45. The van der Waals surface area contributed by atoms with E-state index in [9.17, 15) is 43.2 Å². The number of unbranched alkanes of at least 4 members (excludes halogenated alkanes) is 45. The Labute approximate surface area is 588 Å². The standard InChI is InChI=1S/C77H150O17P2/c1-7-10-12-14-16-18-20-22-24-25-27-29-33-37-41-49-55-61-76(81)93-72(65-87-74(79)59-53-47-40-36-32-28-26-23-21-19-17-15-13-11-8-2)67-91-95(83,84)89-63-71(78)64-90-96(85,86)92-68-73(66-88-75(80)60-54-48-44-43-46-52-58-70(6)9-3)94-77(82)62-56-50-42-38-34-30-31-35-39-45-51-57-69(4)5/h69-73,78H,7-68H2,1-6H3,(H,83,84)(H,85,86)/t70?,71-,72-,73-/m1/s1. The predicted octanol–water partition coefficient (Wildman–Crippen LogP) is 22.7. The number of phosphoric ester groups is 2. The molecule has 0 amide bonds. The van der Waals surface area contributed by atoms with Gasteiger partial charge in [-0.25, -0.2) is 9.13 Å². The number of carbonyl (C=O) groups is 4. The molecule has 6 atom stereocenters. The number of carbonyl (C=O) groups excluding carboxylic acids is 4. The van der Waals surface area contributed by atoms with Gasteiger partial charge in [0.1, 0.15) is 19.3 Å². The van der Waals surface area contributed by atoms with E-state index >= 15 is 0 Å². The van der Waals surface area contributed by atoms with Crippen LogP contribution in [0, 0.1) is 11.8 Å². The van der Waals surface area contributed by atoms with Gasteiger partial charge in [0.15, 0.2) is 12.2 Å². The maximum Gasteiger partial charge on any atom is 0.472 e. The minimum Gasteiger partial charge on any atom is -0.462 e. The van der Waals surface area contributed by atoms with Crippen molar-refractivity contribution in [1.82, 2.24) is 0 Å². The Morgan fingerprint density at radius 3 is 0.792 bits per heavy atom. The first-order valence-corrected chi connectivity index (χ1v) is 43.0. The SMILES string of the molecule is CCCCCCCCCCCCCCCCCCCC(=O)O[C@H](COC(=O)CCCCCCCCCCCCCCCCC)COP(=O)(O)OC[C@@H](O)COP(=O)(O)OC[C@@H](COC(=O)CCCCCCCCC(C)CC)OC(=O)CCCCCCCCCCCCCC(C)C. The minimum atomic E-state index is -4.96. The van der Waals surface area contributed by atoms with Gasteiger partial charge in [-0.05, 0) is 37.5 Å². The summed E-state index contributed by atoms with van der Waals surface area (Å²) in [5, 5.41) is 10.6. The predicted molar refractivity (Wildman–Crippen MR) is 391 cm³/mol. The van der Waals surface area contributed by atoms with Gasteiger partial charge < -0.3 is 33.8 Å². The summed E-state index contributed by atoms with van der Waals surface area (Å²) in [5.41, 5.74) is 0. The third-order valence-electron chi connectivity index (χ3n) is 18.3. The Morgan fingerprint density at radius 1 is 0.302 bits per heavy atom. The number of phosphoric acid groups is 2. The van der Waals surface area contributed by atoms with Gasteiger partial charge in [-0.15, -0.1) is 0 Å². The average Bonchev–Trinajstić information content (AvgIpc) is 1.16. The fourth-order valence-corrected chi connectivity index (χ4v) is 13.4. The summed E-state index contributed by atoms with van der Waals surface area (Å²) in [6, 6.07) is 0. The van der Waals surface area contributed by atoms with Gasteiger partial charge in [-0.1, -0.05) is 350 Å². The van der Waals surface area contributed by atoms with E-state index < -0.39 is 97.5 Å². The molecular formula is C77H150O17P2. The molecule has 0 saturated heterocycles. The fraction of sp³-hybridized carbons (Fsp3) is 0.948. The van der Waals surface area contributed by atoms with Crippen LogP contribution in [0.15, 0.2) is 0 Å². The van der Waals surface area contributed by atoms with Crippen molar-refractivity contribution in [2.75, 3.05) is 39.6 Å². The topological polar surface area (TPSA) is 237 Å². The molecule has 0 aliphatic rings. The normalized spacial score (nSPS) is 14.3. The minimum absolute atomic E-state index is 0.106. The van der Waals surface area contributed by atoms with E-state index in [2.05, 4.69) is 41.5 Å². The Kier molecular flexibility index (Phi) is 67.4. The highest BCUT2D eigenvalue weighted by Gasteiger charge is 2.30. The summed E-state index contributed by atoms with van der Waals surface area (Å²) in [4.78, 5) is 72.9. The molecule has 3 N–H and O–H groups in total. The largest absolute Gasteiger partial charge is 0.472 e. The molecule has 19 heteroatoms. The van der Waals surface area contributed by atoms with E-state index in [1.165, 1.54) is 212 Å². The van der Waals surface area contributed by atoms with Crippen molar-refractivity contribution in [2.24, 2.45) is 11.8 Å². The number of esters is 4. The van der Waals surface area contributed by atoms with Crippen LogP contribution in [0.3, 0.4) is 0 Å². The van der Waals surface area contributed by atoms with Gasteiger partial charge >= 0.3 is 39.5 Å². The molecule has 96 heavy (non-hydrogen) atoms. The summed E-state index contributed by atoms with van der Waals surface area (Å²) >= 11 is 0. The van der Waals surface area contributed by atoms with E-state index in [-0.39, 0.29) is 25.7 Å². The lowest BCUT2D eigenvalue weighted by molar-refractivity contribution is -0.161. The molecule has 0 aromatic carbocycles. The Hall–Kier alpha value is -1.94. The molecule has 0 aliphatic heterocycles. The second-order valence-electron chi connectivity index (χ2n) is 28.5. The molecule has 0 aromatic rings. The average molecular weight is 1410 g/mol. The monoisotopic (exact) mass is 1410 g/mol. The van der Waals surface area contributed by atoms with Crippen LogP contribution in [-0.2, 0) is 65.4 Å². The fourth-order valence-electron chi connectivity index (χ4n) is 11.8. The first-order valence-electron chi connectivity index (χ1n) is 40.0. The van der Waals surface area contributed by atoms with E-state index in [1.807, 2.05) is 0 Å². The Morgan fingerprint density at radius 2 is 0.531 bits per heavy atom. The van der Waals surface area contributed by atoms with Crippen LogP contribution in [-0.4, -0.2) is 96.7 Å². The number of ether oxygens (including phenoxy) is 4. The number of aliphatic hydroxyl groups is 1.